The summed E-state index contributed by atoms with van der Waals surface area (Å²) in [6.07, 6.45) is 1.69. The van der Waals surface area contributed by atoms with Gasteiger partial charge < -0.3 is 4.98 Å². The van der Waals surface area contributed by atoms with Crippen LogP contribution < -0.4 is 5.43 Å². The van der Waals surface area contributed by atoms with Crippen LogP contribution in [0.3, 0.4) is 0 Å². The number of H-pyrrole nitrogens is 1. The Kier molecular flexibility index (Phi) is 4.85. The van der Waals surface area contributed by atoms with Crippen molar-refractivity contribution in [3.05, 3.63) is 94.5 Å². The zero-order valence-electron chi connectivity index (χ0n) is 14.3. The van der Waals surface area contributed by atoms with Gasteiger partial charge in [-0.25, -0.2) is 5.43 Å². The lowest BCUT2D eigenvalue weighted by Gasteiger charge is -2.03. The number of aromatic amines is 1. The second-order valence-corrected chi connectivity index (χ2v) is 6.86. The number of hydrogen-bond acceptors (Lipinski definition) is 2. The number of nitrogens with one attached hydrogen (secondary N) is 2. The first-order valence-electron chi connectivity index (χ1n) is 8.48. The smallest absolute Gasteiger partial charge is 0.272 e. The Hall–Kier alpha value is -3.18. The molecule has 0 spiro atoms. The summed E-state index contributed by atoms with van der Waals surface area (Å²) < 4.78 is 0.731. The number of aromatic nitrogens is 1. The van der Waals surface area contributed by atoms with E-state index in [1.54, 1.807) is 12.3 Å². The third kappa shape index (κ3) is 3.55. The summed E-state index contributed by atoms with van der Waals surface area (Å²) in [7, 11) is 0. The van der Waals surface area contributed by atoms with Gasteiger partial charge in [0.2, 0.25) is 0 Å². The number of nitrogens with zero attached hydrogens (tertiary/aromatic N) is 1. The topological polar surface area (TPSA) is 57.2 Å². The molecule has 1 aromatic heterocycles. The molecule has 132 valence electrons. The summed E-state index contributed by atoms with van der Waals surface area (Å²) in [5.74, 6) is -0.264. The van der Waals surface area contributed by atoms with E-state index in [1.165, 1.54) is 0 Å². The zero-order valence-corrected chi connectivity index (χ0v) is 15.9. The van der Waals surface area contributed by atoms with Crippen LogP contribution in [0.25, 0.3) is 22.2 Å². The van der Waals surface area contributed by atoms with Gasteiger partial charge in [0, 0.05) is 20.9 Å². The van der Waals surface area contributed by atoms with Crippen molar-refractivity contribution in [2.75, 3.05) is 0 Å². The highest BCUT2D eigenvalue weighted by Crippen LogP contribution is 2.28. The van der Waals surface area contributed by atoms with Crippen molar-refractivity contribution in [2.24, 2.45) is 5.10 Å². The maximum Gasteiger partial charge on any atom is 0.272 e. The second kappa shape index (κ2) is 7.60. The minimum absolute atomic E-state index is 0.264. The molecule has 0 atom stereocenters. The lowest BCUT2D eigenvalue weighted by Crippen LogP contribution is -2.18. The van der Waals surface area contributed by atoms with Crippen LogP contribution in [-0.4, -0.2) is 17.1 Å². The number of carbonyl (C=O) groups excluding carboxylic acids is 1. The number of amides is 1. The van der Waals surface area contributed by atoms with Crippen molar-refractivity contribution < 1.29 is 4.79 Å². The van der Waals surface area contributed by atoms with Gasteiger partial charge in [-0.3, -0.25) is 4.79 Å². The highest BCUT2D eigenvalue weighted by molar-refractivity contribution is 9.10. The lowest BCUT2D eigenvalue weighted by molar-refractivity contribution is 0.0954. The molecule has 0 aliphatic rings. The maximum atomic E-state index is 12.3. The molecule has 2 N–H and O–H groups in total. The predicted molar refractivity (Wildman–Crippen MR) is 113 cm³/mol. The molecular formula is C22H16BrN3O. The summed E-state index contributed by atoms with van der Waals surface area (Å²) in [6.45, 7) is 0. The largest absolute Gasteiger partial charge is 0.354 e. The van der Waals surface area contributed by atoms with Gasteiger partial charge >= 0.3 is 0 Å². The number of carbonyl (C=O) groups is 1. The Balaban J connectivity index is 1.68. The van der Waals surface area contributed by atoms with Crippen LogP contribution in [-0.2, 0) is 0 Å². The van der Waals surface area contributed by atoms with Crippen LogP contribution in [0.1, 0.15) is 15.9 Å². The van der Waals surface area contributed by atoms with Gasteiger partial charge in [-0.05, 0) is 39.7 Å². The standard InChI is InChI=1S/C22H16BrN3O/c23-19-12-6-4-11-17(19)22(27)26-24-14-18-16-10-5-7-13-20(16)25-21(18)15-8-2-1-3-9-15/h1-14,25H,(H,26,27). The molecule has 27 heavy (non-hydrogen) atoms. The number of para-hydroxylation sites is 1. The third-order valence-corrected chi connectivity index (χ3v) is 4.98. The molecule has 0 aliphatic carbocycles. The van der Waals surface area contributed by atoms with Crippen LogP contribution in [0.2, 0.25) is 0 Å². The van der Waals surface area contributed by atoms with Crippen molar-refractivity contribution in [3.8, 4) is 11.3 Å². The van der Waals surface area contributed by atoms with E-state index in [2.05, 4.69) is 31.4 Å². The summed E-state index contributed by atoms with van der Waals surface area (Å²) in [5, 5.41) is 5.25. The zero-order chi connectivity index (χ0) is 18.6. The number of hydrogen-bond donors (Lipinski definition) is 2. The van der Waals surface area contributed by atoms with Crippen LogP contribution in [0.15, 0.2) is 88.4 Å². The monoisotopic (exact) mass is 417 g/mol. The number of hydrazone groups is 1. The Morgan fingerprint density at radius 1 is 0.926 bits per heavy atom. The summed E-state index contributed by atoms with van der Waals surface area (Å²) in [6, 6.07) is 25.4. The SMILES string of the molecule is O=C(NN=Cc1c(-c2ccccc2)[nH]c2ccccc12)c1ccccc1Br. The average molecular weight is 418 g/mol. The first-order chi connectivity index (χ1) is 13.2. The van der Waals surface area contributed by atoms with E-state index in [1.807, 2.05) is 72.8 Å². The molecular weight excluding hydrogens is 402 g/mol. The van der Waals surface area contributed by atoms with E-state index in [-0.39, 0.29) is 5.91 Å². The molecule has 1 heterocycles. The van der Waals surface area contributed by atoms with Crippen molar-refractivity contribution in [2.45, 2.75) is 0 Å². The minimum atomic E-state index is -0.264. The molecule has 0 aliphatic heterocycles. The van der Waals surface area contributed by atoms with Crippen LogP contribution in [0.5, 0.6) is 0 Å². The third-order valence-electron chi connectivity index (χ3n) is 4.29. The normalized spacial score (nSPS) is 11.1. The highest BCUT2D eigenvalue weighted by atomic mass is 79.9. The quantitative estimate of drug-likeness (QED) is 0.340. The molecule has 0 saturated carbocycles. The minimum Gasteiger partial charge on any atom is -0.354 e. The molecule has 5 heteroatoms. The molecule has 3 aromatic carbocycles. The Labute approximate surface area is 165 Å². The van der Waals surface area contributed by atoms with Crippen molar-refractivity contribution in [1.82, 2.24) is 10.4 Å². The summed E-state index contributed by atoms with van der Waals surface area (Å²) in [5.41, 5.74) is 7.13. The highest BCUT2D eigenvalue weighted by Gasteiger charge is 2.12. The lowest BCUT2D eigenvalue weighted by atomic mass is 10.1. The molecule has 0 bridgehead atoms. The Morgan fingerprint density at radius 3 is 2.44 bits per heavy atom. The van der Waals surface area contributed by atoms with E-state index in [0.717, 1.165) is 32.2 Å². The molecule has 0 saturated heterocycles. The molecule has 0 unspecified atom stereocenters. The maximum absolute atomic E-state index is 12.3. The van der Waals surface area contributed by atoms with Gasteiger partial charge in [0.15, 0.2) is 0 Å². The number of benzene rings is 3. The van der Waals surface area contributed by atoms with E-state index >= 15 is 0 Å². The number of halogens is 1. The van der Waals surface area contributed by atoms with Crippen LogP contribution >= 0.6 is 15.9 Å². The molecule has 4 aromatic rings. The Morgan fingerprint density at radius 2 is 1.63 bits per heavy atom. The van der Waals surface area contributed by atoms with E-state index < -0.39 is 0 Å². The molecule has 1 amide bonds. The molecule has 4 rings (SSSR count). The van der Waals surface area contributed by atoms with Gasteiger partial charge in [-0.1, -0.05) is 60.7 Å². The second-order valence-electron chi connectivity index (χ2n) is 6.00. The summed E-state index contributed by atoms with van der Waals surface area (Å²) in [4.78, 5) is 15.8. The average Bonchev–Trinajstić information content (AvgIpc) is 3.08. The first kappa shape index (κ1) is 17.2. The molecule has 0 radical (unpaired) electrons. The van der Waals surface area contributed by atoms with Gasteiger partial charge in [0.05, 0.1) is 17.5 Å². The molecule has 0 fully saturated rings. The van der Waals surface area contributed by atoms with Crippen molar-refractivity contribution in [3.63, 3.8) is 0 Å². The van der Waals surface area contributed by atoms with Gasteiger partial charge in [-0.2, -0.15) is 5.10 Å². The van der Waals surface area contributed by atoms with E-state index in [0.29, 0.717) is 5.56 Å². The van der Waals surface area contributed by atoms with Crippen molar-refractivity contribution in [1.29, 1.82) is 0 Å². The fraction of sp³-hybridized carbons (Fsp3) is 0. The number of fused-ring (bicyclic) bond motifs is 1. The fourth-order valence-corrected chi connectivity index (χ4v) is 3.46. The van der Waals surface area contributed by atoms with Gasteiger partial charge in [0.25, 0.3) is 5.91 Å². The summed E-state index contributed by atoms with van der Waals surface area (Å²) >= 11 is 3.38. The van der Waals surface area contributed by atoms with E-state index in [4.69, 9.17) is 0 Å². The number of rotatable bonds is 4. The van der Waals surface area contributed by atoms with E-state index in [9.17, 15) is 4.79 Å². The van der Waals surface area contributed by atoms with Gasteiger partial charge in [0.1, 0.15) is 0 Å². The fourth-order valence-electron chi connectivity index (χ4n) is 2.99. The van der Waals surface area contributed by atoms with Crippen LogP contribution in [0, 0.1) is 0 Å². The van der Waals surface area contributed by atoms with Crippen molar-refractivity contribution >= 4 is 39.0 Å². The first-order valence-corrected chi connectivity index (χ1v) is 9.27. The molecule has 4 nitrogen and oxygen atoms in total. The van der Waals surface area contributed by atoms with Gasteiger partial charge in [-0.15, -0.1) is 0 Å². The predicted octanol–water partition coefficient (Wildman–Crippen LogP) is 5.36. The Bertz CT molecular complexity index is 1130. The van der Waals surface area contributed by atoms with Crippen LogP contribution in [0.4, 0.5) is 0 Å².